The van der Waals surface area contributed by atoms with E-state index in [1.165, 1.54) is 0 Å². The molecule has 1 atom stereocenters. The highest BCUT2D eigenvalue weighted by atomic mass is 32.1. The molecular weight excluding hydrogens is 234 g/mol. The topological polar surface area (TPSA) is 47.0 Å². The third kappa shape index (κ3) is 2.73. The standard InChI is InChI=1S/C12H17N3OS/c1-4-8(2)16-7-10-14-11(13-3)9-5-6-17-12(9)15-10/h5-6,8H,4,7H2,1-3H3,(H,13,14,15). The average Bonchev–Trinajstić information content (AvgIpc) is 2.82. The number of fused-ring (bicyclic) bond motifs is 1. The monoisotopic (exact) mass is 251 g/mol. The predicted molar refractivity (Wildman–Crippen MR) is 71.5 cm³/mol. The van der Waals surface area contributed by atoms with Gasteiger partial charge < -0.3 is 10.1 Å². The first kappa shape index (κ1) is 12.3. The number of thiophene rings is 1. The van der Waals surface area contributed by atoms with E-state index in [-0.39, 0.29) is 6.10 Å². The SMILES string of the molecule is CCC(C)OCc1nc(NC)c2ccsc2n1. The summed E-state index contributed by atoms with van der Waals surface area (Å²) in [6, 6.07) is 2.03. The molecule has 0 aliphatic carbocycles. The number of aromatic nitrogens is 2. The maximum atomic E-state index is 5.65. The van der Waals surface area contributed by atoms with Crippen LogP contribution in [0.1, 0.15) is 26.1 Å². The van der Waals surface area contributed by atoms with Crippen molar-refractivity contribution in [1.29, 1.82) is 0 Å². The minimum absolute atomic E-state index is 0.246. The Labute approximate surface area is 105 Å². The van der Waals surface area contributed by atoms with Crippen molar-refractivity contribution in [2.45, 2.75) is 33.0 Å². The molecule has 17 heavy (non-hydrogen) atoms. The summed E-state index contributed by atoms with van der Waals surface area (Å²) in [6.45, 7) is 4.63. The molecule has 0 amide bonds. The summed E-state index contributed by atoms with van der Waals surface area (Å²) in [4.78, 5) is 9.96. The Morgan fingerprint density at radius 2 is 2.29 bits per heavy atom. The summed E-state index contributed by atoms with van der Waals surface area (Å²) in [5.41, 5.74) is 0. The quantitative estimate of drug-likeness (QED) is 0.887. The van der Waals surface area contributed by atoms with Crippen LogP contribution in [0.3, 0.4) is 0 Å². The zero-order valence-corrected chi connectivity index (χ0v) is 11.2. The van der Waals surface area contributed by atoms with Crippen LogP contribution in [0, 0.1) is 0 Å². The van der Waals surface area contributed by atoms with Crippen LogP contribution in [0.15, 0.2) is 11.4 Å². The summed E-state index contributed by atoms with van der Waals surface area (Å²) in [6.07, 6.45) is 1.25. The van der Waals surface area contributed by atoms with Gasteiger partial charge in [0.05, 0.1) is 11.5 Å². The van der Waals surface area contributed by atoms with E-state index < -0.39 is 0 Å². The minimum Gasteiger partial charge on any atom is -0.372 e. The molecule has 0 aliphatic heterocycles. The van der Waals surface area contributed by atoms with Crippen molar-refractivity contribution < 1.29 is 4.74 Å². The molecule has 2 rings (SSSR count). The Hall–Kier alpha value is -1.20. The number of hydrogen-bond acceptors (Lipinski definition) is 5. The fraction of sp³-hybridized carbons (Fsp3) is 0.500. The fourth-order valence-corrected chi connectivity index (χ4v) is 2.27. The third-order valence-electron chi connectivity index (χ3n) is 2.68. The first-order valence-electron chi connectivity index (χ1n) is 5.78. The fourth-order valence-electron chi connectivity index (χ4n) is 1.49. The van der Waals surface area contributed by atoms with Gasteiger partial charge in [-0.1, -0.05) is 6.92 Å². The number of nitrogens with zero attached hydrogens (tertiary/aromatic N) is 2. The molecule has 5 heteroatoms. The lowest BCUT2D eigenvalue weighted by Crippen LogP contribution is -2.09. The van der Waals surface area contributed by atoms with Crippen LogP contribution in [0.25, 0.3) is 10.2 Å². The number of hydrogen-bond donors (Lipinski definition) is 1. The van der Waals surface area contributed by atoms with Crippen molar-refractivity contribution >= 4 is 27.4 Å². The molecule has 0 saturated carbocycles. The average molecular weight is 251 g/mol. The number of ether oxygens (including phenoxy) is 1. The maximum Gasteiger partial charge on any atom is 0.158 e. The van der Waals surface area contributed by atoms with Gasteiger partial charge in [-0.15, -0.1) is 11.3 Å². The van der Waals surface area contributed by atoms with E-state index in [0.717, 1.165) is 28.3 Å². The Kier molecular flexibility index (Phi) is 3.91. The minimum atomic E-state index is 0.246. The molecule has 0 fully saturated rings. The molecule has 0 aliphatic rings. The van der Waals surface area contributed by atoms with Crippen LogP contribution in [0.4, 0.5) is 5.82 Å². The van der Waals surface area contributed by atoms with E-state index in [0.29, 0.717) is 6.61 Å². The molecular formula is C12H17N3OS. The van der Waals surface area contributed by atoms with E-state index in [2.05, 4.69) is 29.1 Å². The van der Waals surface area contributed by atoms with E-state index in [4.69, 9.17) is 4.74 Å². The summed E-state index contributed by atoms with van der Waals surface area (Å²) >= 11 is 1.62. The van der Waals surface area contributed by atoms with Crippen LogP contribution in [-0.2, 0) is 11.3 Å². The highest BCUT2D eigenvalue weighted by molar-refractivity contribution is 7.16. The van der Waals surface area contributed by atoms with E-state index in [1.54, 1.807) is 11.3 Å². The third-order valence-corrected chi connectivity index (χ3v) is 3.49. The Morgan fingerprint density at radius 1 is 1.47 bits per heavy atom. The van der Waals surface area contributed by atoms with Crippen molar-refractivity contribution in [3.8, 4) is 0 Å². The van der Waals surface area contributed by atoms with Crippen molar-refractivity contribution in [3.05, 3.63) is 17.3 Å². The molecule has 4 nitrogen and oxygen atoms in total. The number of anilines is 1. The number of rotatable bonds is 5. The normalized spacial score (nSPS) is 12.9. The summed E-state index contributed by atoms with van der Waals surface area (Å²) < 4.78 is 5.65. The Morgan fingerprint density at radius 3 is 3.00 bits per heavy atom. The van der Waals surface area contributed by atoms with Gasteiger partial charge in [-0.3, -0.25) is 0 Å². The molecule has 2 heterocycles. The largest absolute Gasteiger partial charge is 0.372 e. The summed E-state index contributed by atoms with van der Waals surface area (Å²) in [5, 5.41) is 6.20. The second kappa shape index (κ2) is 5.42. The van der Waals surface area contributed by atoms with Crippen molar-refractivity contribution in [3.63, 3.8) is 0 Å². The van der Waals surface area contributed by atoms with Gasteiger partial charge in [0.25, 0.3) is 0 Å². The smallest absolute Gasteiger partial charge is 0.158 e. The summed E-state index contributed by atoms with van der Waals surface area (Å²) in [7, 11) is 1.87. The summed E-state index contributed by atoms with van der Waals surface area (Å²) in [5.74, 6) is 1.61. The van der Waals surface area contributed by atoms with Crippen LogP contribution < -0.4 is 5.32 Å². The van der Waals surface area contributed by atoms with Crippen LogP contribution in [-0.4, -0.2) is 23.1 Å². The second-order valence-corrected chi connectivity index (χ2v) is 4.80. The molecule has 0 spiro atoms. The van der Waals surface area contributed by atoms with Gasteiger partial charge in [0.15, 0.2) is 5.82 Å². The van der Waals surface area contributed by atoms with Crippen molar-refractivity contribution in [2.24, 2.45) is 0 Å². The zero-order chi connectivity index (χ0) is 12.3. The molecule has 2 aromatic rings. The highest BCUT2D eigenvalue weighted by Crippen LogP contribution is 2.24. The Balaban J connectivity index is 2.22. The molecule has 1 N–H and O–H groups in total. The maximum absolute atomic E-state index is 5.65. The van der Waals surface area contributed by atoms with Crippen LogP contribution in [0.2, 0.25) is 0 Å². The zero-order valence-electron chi connectivity index (χ0n) is 10.4. The first-order valence-corrected chi connectivity index (χ1v) is 6.66. The van der Waals surface area contributed by atoms with Crippen LogP contribution >= 0.6 is 11.3 Å². The molecule has 0 radical (unpaired) electrons. The van der Waals surface area contributed by atoms with E-state index >= 15 is 0 Å². The van der Waals surface area contributed by atoms with Gasteiger partial charge in [-0.2, -0.15) is 0 Å². The number of nitrogens with one attached hydrogen (secondary N) is 1. The lowest BCUT2D eigenvalue weighted by Gasteiger charge is -2.10. The van der Waals surface area contributed by atoms with Crippen molar-refractivity contribution in [2.75, 3.05) is 12.4 Å². The van der Waals surface area contributed by atoms with Crippen molar-refractivity contribution in [1.82, 2.24) is 9.97 Å². The molecule has 1 unspecified atom stereocenters. The Bertz CT molecular complexity index is 497. The van der Waals surface area contributed by atoms with Gasteiger partial charge in [0.2, 0.25) is 0 Å². The molecule has 2 aromatic heterocycles. The molecule has 0 bridgehead atoms. The predicted octanol–water partition coefficient (Wildman–Crippen LogP) is 3.05. The van der Waals surface area contributed by atoms with Gasteiger partial charge >= 0.3 is 0 Å². The van der Waals surface area contributed by atoms with Gasteiger partial charge in [0.1, 0.15) is 17.3 Å². The highest BCUT2D eigenvalue weighted by Gasteiger charge is 2.08. The van der Waals surface area contributed by atoms with Gasteiger partial charge in [-0.25, -0.2) is 9.97 Å². The van der Waals surface area contributed by atoms with Gasteiger partial charge in [0, 0.05) is 7.05 Å². The van der Waals surface area contributed by atoms with E-state index in [1.807, 2.05) is 18.5 Å². The first-order chi connectivity index (χ1) is 8.24. The molecule has 0 aromatic carbocycles. The van der Waals surface area contributed by atoms with E-state index in [9.17, 15) is 0 Å². The lowest BCUT2D eigenvalue weighted by atomic mass is 10.3. The second-order valence-electron chi connectivity index (χ2n) is 3.91. The van der Waals surface area contributed by atoms with Crippen LogP contribution in [0.5, 0.6) is 0 Å². The molecule has 0 saturated heterocycles. The molecule has 92 valence electrons. The lowest BCUT2D eigenvalue weighted by molar-refractivity contribution is 0.0470. The van der Waals surface area contributed by atoms with Gasteiger partial charge in [-0.05, 0) is 24.8 Å².